The third-order valence-corrected chi connectivity index (χ3v) is 7.04. The van der Waals surface area contributed by atoms with Crippen molar-refractivity contribution in [1.82, 2.24) is 10.0 Å². The van der Waals surface area contributed by atoms with E-state index in [9.17, 15) is 27.9 Å². The van der Waals surface area contributed by atoms with Crippen molar-refractivity contribution in [2.24, 2.45) is 10.7 Å². The predicted molar refractivity (Wildman–Crippen MR) is 137 cm³/mol. The number of fused-ring (bicyclic) bond motifs is 1. The highest BCUT2D eigenvalue weighted by Crippen LogP contribution is 2.19. The largest absolute Gasteiger partial charge is 0.481 e. The number of aliphatic carboxylic acids is 2. The van der Waals surface area contributed by atoms with Gasteiger partial charge in [-0.3, -0.25) is 14.4 Å². The smallest absolute Gasteiger partial charge is 0.321 e. The number of amidine groups is 1. The summed E-state index contributed by atoms with van der Waals surface area (Å²) in [4.78, 5) is 38.9. The summed E-state index contributed by atoms with van der Waals surface area (Å²) in [6.45, 7) is 0. The maximum atomic E-state index is 12.9. The summed E-state index contributed by atoms with van der Waals surface area (Å²) in [5.41, 5.74) is 6.94. The molecule has 3 aromatic carbocycles. The summed E-state index contributed by atoms with van der Waals surface area (Å²) < 4.78 is 28.0. The Morgan fingerprint density at radius 2 is 1.59 bits per heavy atom. The van der Waals surface area contributed by atoms with E-state index < -0.39 is 46.4 Å². The molecule has 0 unspecified atom stereocenters. The molecule has 0 saturated carbocycles. The third-order valence-electron chi connectivity index (χ3n) is 5.57. The number of amides is 1. The standard InChI is InChI=1S/C25H26N4O7S/c1-27-21(25(33)34)12-15-6-8-17(9-7-15)23(26)28-24(32)20(14-22(30)31)29-37(35,36)19-11-10-16-4-2-3-5-18(16)13-19/h2-11,13,20-21,27,29H,12,14H2,1H3,(H,30,31)(H,33,34)(H2,26,28,32)/t20-,21-/m0/s1. The number of carbonyl (C=O) groups excluding carboxylic acids is 1. The number of rotatable bonds is 11. The van der Waals surface area contributed by atoms with E-state index in [-0.39, 0.29) is 17.2 Å². The number of nitrogens with one attached hydrogen (secondary N) is 2. The number of hydrogen-bond donors (Lipinski definition) is 5. The molecule has 0 aliphatic heterocycles. The van der Waals surface area contributed by atoms with Gasteiger partial charge in [0.1, 0.15) is 17.9 Å². The van der Waals surface area contributed by atoms with Crippen molar-refractivity contribution in [3.63, 3.8) is 0 Å². The number of carboxylic acid groups (broad SMARTS) is 2. The lowest BCUT2D eigenvalue weighted by Gasteiger charge is -2.15. The van der Waals surface area contributed by atoms with Crippen LogP contribution in [0.4, 0.5) is 0 Å². The van der Waals surface area contributed by atoms with E-state index in [4.69, 9.17) is 10.8 Å². The molecule has 0 aromatic heterocycles. The van der Waals surface area contributed by atoms with Gasteiger partial charge in [0.05, 0.1) is 11.3 Å². The van der Waals surface area contributed by atoms with Crippen molar-refractivity contribution in [1.29, 1.82) is 0 Å². The molecule has 0 spiro atoms. The lowest BCUT2D eigenvalue weighted by molar-refractivity contribution is -0.140. The number of nitrogens with zero attached hydrogens (tertiary/aromatic N) is 1. The van der Waals surface area contributed by atoms with Crippen LogP contribution >= 0.6 is 0 Å². The Labute approximate surface area is 213 Å². The van der Waals surface area contributed by atoms with Crippen LogP contribution < -0.4 is 15.8 Å². The highest BCUT2D eigenvalue weighted by Gasteiger charge is 2.28. The molecule has 2 atom stereocenters. The van der Waals surface area contributed by atoms with Crippen LogP contribution in [0.25, 0.3) is 10.8 Å². The second kappa shape index (κ2) is 11.7. The van der Waals surface area contributed by atoms with Gasteiger partial charge in [0, 0.05) is 5.56 Å². The Bertz CT molecular complexity index is 1450. The van der Waals surface area contributed by atoms with Gasteiger partial charge in [-0.2, -0.15) is 9.71 Å². The van der Waals surface area contributed by atoms with Gasteiger partial charge in [0.15, 0.2) is 0 Å². The molecule has 0 bridgehead atoms. The van der Waals surface area contributed by atoms with Crippen LogP contribution in [0, 0.1) is 0 Å². The Hall–Kier alpha value is -4.13. The quantitative estimate of drug-likeness (QED) is 0.180. The number of carbonyl (C=O) groups is 3. The Morgan fingerprint density at radius 3 is 2.19 bits per heavy atom. The van der Waals surface area contributed by atoms with E-state index in [0.29, 0.717) is 16.5 Å². The monoisotopic (exact) mass is 526 g/mol. The Morgan fingerprint density at radius 1 is 0.946 bits per heavy atom. The first-order valence-electron chi connectivity index (χ1n) is 11.1. The van der Waals surface area contributed by atoms with Gasteiger partial charge in [-0.1, -0.05) is 54.6 Å². The van der Waals surface area contributed by atoms with Crippen molar-refractivity contribution in [3.8, 4) is 0 Å². The van der Waals surface area contributed by atoms with E-state index in [1.54, 1.807) is 36.4 Å². The first kappa shape index (κ1) is 27.5. The van der Waals surface area contributed by atoms with E-state index in [2.05, 4.69) is 15.0 Å². The van der Waals surface area contributed by atoms with Gasteiger partial charge >= 0.3 is 11.9 Å². The molecule has 3 rings (SSSR count). The van der Waals surface area contributed by atoms with Gasteiger partial charge in [-0.15, -0.1) is 0 Å². The Balaban J connectivity index is 1.80. The van der Waals surface area contributed by atoms with Gasteiger partial charge < -0.3 is 21.3 Å². The fraction of sp³-hybridized carbons (Fsp3) is 0.200. The first-order valence-corrected chi connectivity index (χ1v) is 12.6. The average molecular weight is 527 g/mol. The van der Waals surface area contributed by atoms with Crippen molar-refractivity contribution in [2.45, 2.75) is 29.8 Å². The molecule has 0 aliphatic carbocycles. The first-order chi connectivity index (χ1) is 17.5. The van der Waals surface area contributed by atoms with Crippen molar-refractivity contribution in [2.75, 3.05) is 7.05 Å². The molecule has 11 nitrogen and oxygen atoms in total. The van der Waals surface area contributed by atoms with E-state index in [1.807, 2.05) is 6.07 Å². The zero-order chi connectivity index (χ0) is 27.2. The van der Waals surface area contributed by atoms with Gasteiger partial charge in [0.2, 0.25) is 10.0 Å². The summed E-state index contributed by atoms with van der Waals surface area (Å²) in [6.07, 6.45) is -0.638. The topological polar surface area (TPSA) is 188 Å². The minimum atomic E-state index is -4.27. The van der Waals surface area contributed by atoms with Crippen LogP contribution in [0.3, 0.4) is 0 Å². The van der Waals surface area contributed by atoms with E-state index in [0.717, 1.165) is 5.39 Å². The van der Waals surface area contributed by atoms with Crippen LogP contribution in [-0.2, 0) is 30.8 Å². The van der Waals surface area contributed by atoms with E-state index in [1.165, 1.54) is 31.3 Å². The highest BCUT2D eigenvalue weighted by atomic mass is 32.2. The fourth-order valence-electron chi connectivity index (χ4n) is 3.57. The van der Waals surface area contributed by atoms with Crippen molar-refractivity contribution in [3.05, 3.63) is 77.9 Å². The molecule has 0 heterocycles. The van der Waals surface area contributed by atoms with Crippen molar-refractivity contribution >= 4 is 44.5 Å². The molecule has 3 aromatic rings. The molecular weight excluding hydrogens is 500 g/mol. The number of hydrogen-bond acceptors (Lipinski definition) is 6. The number of likely N-dealkylation sites (N-methyl/N-ethyl adjacent to an activating group) is 1. The van der Waals surface area contributed by atoms with Gasteiger partial charge in [-0.05, 0) is 41.9 Å². The molecule has 0 radical (unpaired) electrons. The second-order valence-corrected chi connectivity index (χ2v) is 9.91. The molecule has 12 heteroatoms. The van der Waals surface area contributed by atoms with Crippen molar-refractivity contribution < 1.29 is 33.0 Å². The SMILES string of the molecule is CN[C@@H](Cc1ccc(C(N)=NC(=O)[C@H](CC(=O)O)NS(=O)(=O)c2ccc3ccccc3c2)cc1)C(=O)O. The molecular formula is C25H26N4O7S. The van der Waals surface area contributed by atoms with Crippen LogP contribution in [-0.4, -0.2) is 61.4 Å². The number of aliphatic imine (C=N–C) groups is 1. The van der Waals surface area contributed by atoms with Gasteiger partial charge in [-0.25, -0.2) is 8.42 Å². The maximum Gasteiger partial charge on any atom is 0.321 e. The zero-order valence-electron chi connectivity index (χ0n) is 19.8. The minimum absolute atomic E-state index is 0.136. The van der Waals surface area contributed by atoms with E-state index >= 15 is 0 Å². The van der Waals surface area contributed by atoms with Crippen LogP contribution in [0.15, 0.2) is 76.6 Å². The van der Waals surface area contributed by atoms with Crippen LogP contribution in [0.2, 0.25) is 0 Å². The summed E-state index contributed by atoms with van der Waals surface area (Å²) in [5, 5.41) is 22.6. The number of nitrogens with two attached hydrogens (primary N) is 1. The lowest BCUT2D eigenvalue weighted by atomic mass is 10.0. The lowest BCUT2D eigenvalue weighted by Crippen LogP contribution is -2.42. The highest BCUT2D eigenvalue weighted by molar-refractivity contribution is 7.89. The molecule has 1 amide bonds. The van der Waals surface area contributed by atoms with Crippen LogP contribution in [0.5, 0.6) is 0 Å². The molecule has 37 heavy (non-hydrogen) atoms. The number of sulfonamides is 1. The molecule has 0 aliphatic rings. The maximum absolute atomic E-state index is 12.9. The summed E-state index contributed by atoms with van der Waals surface area (Å²) in [6, 6.07) is 15.3. The molecule has 0 saturated heterocycles. The fourth-order valence-corrected chi connectivity index (χ4v) is 4.79. The normalized spacial score (nSPS) is 13.7. The van der Waals surface area contributed by atoms with Gasteiger partial charge in [0.25, 0.3) is 5.91 Å². The average Bonchev–Trinajstić information content (AvgIpc) is 2.86. The molecule has 6 N–H and O–H groups in total. The summed E-state index contributed by atoms with van der Waals surface area (Å²) >= 11 is 0. The summed E-state index contributed by atoms with van der Waals surface area (Å²) in [5.74, 6) is -3.74. The minimum Gasteiger partial charge on any atom is -0.481 e. The van der Waals surface area contributed by atoms with Crippen LogP contribution in [0.1, 0.15) is 17.5 Å². The predicted octanol–water partition coefficient (Wildman–Crippen LogP) is 1.11. The number of carboxylic acids is 2. The Kier molecular flexibility index (Phi) is 8.71. The molecule has 194 valence electrons. The molecule has 0 fully saturated rings. The second-order valence-electron chi connectivity index (χ2n) is 8.20. The third kappa shape index (κ3) is 7.19. The summed E-state index contributed by atoms with van der Waals surface area (Å²) in [7, 11) is -2.73. The number of benzene rings is 3. The zero-order valence-corrected chi connectivity index (χ0v) is 20.6.